The largest absolute Gasteiger partial charge is 0.481 e. The zero-order chi connectivity index (χ0) is 32.2. The summed E-state index contributed by atoms with van der Waals surface area (Å²) in [4.78, 5) is 13.4. The first-order valence-electron chi connectivity index (χ1n) is 17.4. The lowest BCUT2D eigenvalue weighted by Crippen LogP contribution is -2.68. The number of rotatable bonds is 7. The Morgan fingerprint density at radius 2 is 1.61 bits per heavy atom. The van der Waals surface area contributed by atoms with Crippen LogP contribution in [0.2, 0.25) is 0 Å². The number of carboxylic acid groups (broad SMARTS) is 1. The highest BCUT2D eigenvalue weighted by molar-refractivity contribution is 5.76. The summed E-state index contributed by atoms with van der Waals surface area (Å²) >= 11 is 0. The summed E-state index contributed by atoms with van der Waals surface area (Å²) in [5.41, 5.74) is -0.128. The number of carbonyl (C=O) groups is 1. The molecule has 1 heterocycles. The predicted molar refractivity (Wildman–Crippen MR) is 165 cm³/mol. The number of hydrogen-bond acceptors (Lipinski definition) is 7. The number of aliphatic hydroxyl groups is 5. The fourth-order valence-corrected chi connectivity index (χ4v) is 13.2. The molecule has 44 heavy (non-hydrogen) atoms. The van der Waals surface area contributed by atoms with Crippen LogP contribution in [0.5, 0.6) is 0 Å². The minimum atomic E-state index is -1.57. The highest BCUT2D eigenvalue weighted by Crippen LogP contribution is 2.89. The number of hydrogen-bond donors (Lipinski definition) is 6. The number of carboxylic acids is 1. The van der Waals surface area contributed by atoms with Gasteiger partial charge in [-0.25, -0.2) is 0 Å². The first-order chi connectivity index (χ1) is 20.6. The summed E-state index contributed by atoms with van der Waals surface area (Å²) in [7, 11) is 0. The second-order valence-corrected chi connectivity index (χ2v) is 17.1. The lowest BCUT2D eigenvalue weighted by atomic mass is 9.40. The van der Waals surface area contributed by atoms with Gasteiger partial charge in [-0.1, -0.05) is 32.4 Å². The minimum Gasteiger partial charge on any atom is -0.481 e. The Morgan fingerprint density at radius 1 is 0.932 bits per heavy atom. The fraction of sp³-hybridized carbons (Fsp3) is 0.917. The van der Waals surface area contributed by atoms with Gasteiger partial charge in [0.2, 0.25) is 0 Å². The van der Waals surface area contributed by atoms with Crippen LogP contribution in [0.1, 0.15) is 106 Å². The van der Waals surface area contributed by atoms with E-state index in [1.54, 1.807) is 6.92 Å². The van der Waals surface area contributed by atoms with E-state index in [1.807, 2.05) is 0 Å². The molecule has 0 amide bonds. The molecule has 0 aromatic heterocycles. The maximum Gasteiger partial charge on any atom is 0.310 e. The van der Waals surface area contributed by atoms with Gasteiger partial charge in [0.25, 0.3) is 0 Å². The van der Waals surface area contributed by atoms with Gasteiger partial charge in [-0.15, -0.1) is 0 Å². The Morgan fingerprint density at radius 3 is 2.25 bits per heavy atom. The number of ether oxygens (including phenoxy) is 1. The molecular weight excluding hydrogens is 560 g/mol. The first kappa shape index (κ1) is 32.9. The Labute approximate surface area is 263 Å². The van der Waals surface area contributed by atoms with Crippen molar-refractivity contribution in [1.29, 1.82) is 0 Å². The summed E-state index contributed by atoms with van der Waals surface area (Å²) in [6.45, 7) is 13.1. The molecule has 8 nitrogen and oxygen atoms in total. The van der Waals surface area contributed by atoms with E-state index in [4.69, 9.17) is 4.74 Å². The van der Waals surface area contributed by atoms with Crippen LogP contribution in [0, 0.1) is 56.7 Å². The number of fused-ring (bicyclic) bond motifs is 2. The van der Waals surface area contributed by atoms with E-state index in [-0.39, 0.29) is 28.6 Å². The summed E-state index contributed by atoms with van der Waals surface area (Å²) in [6.07, 6.45) is 4.31. The van der Waals surface area contributed by atoms with Gasteiger partial charge in [0.05, 0.1) is 24.2 Å². The number of allylic oxidation sites excluding steroid dienone is 2. The standard InChI is InChI=1S/C36H58O8/c1-19(2)8-7-9-20(3)21-12-13-33(5)24-10-11-25-34(6,31(42)43)22(30-29(41)28(40)27(39)23(17-37)44-30)16-26(38)36(25)18-35(24,36)15-14-32(21,33)4/h8,20-30,37-41H,7,9-18H2,1-6H3,(H,42,43)/t20-,21+,22+,23-,24-,25+,26-,27-,28+,29-,30+,32+,33-,34+,35-,36+/m0/s1. The van der Waals surface area contributed by atoms with Gasteiger partial charge in [-0.05, 0) is 125 Å². The summed E-state index contributed by atoms with van der Waals surface area (Å²) in [5, 5.41) is 65.0. The molecule has 0 bridgehead atoms. The van der Waals surface area contributed by atoms with Crippen LogP contribution in [0.15, 0.2) is 11.6 Å². The third-order valence-electron chi connectivity index (χ3n) is 15.6. The van der Waals surface area contributed by atoms with Crippen molar-refractivity contribution in [3.8, 4) is 0 Å². The van der Waals surface area contributed by atoms with Gasteiger partial charge in [-0.2, -0.15) is 0 Å². The third kappa shape index (κ3) is 4.06. The number of aliphatic carboxylic acids is 1. The quantitative estimate of drug-likeness (QED) is 0.232. The average molecular weight is 619 g/mol. The molecule has 1 aliphatic heterocycles. The molecule has 2 spiro atoms. The smallest absolute Gasteiger partial charge is 0.310 e. The first-order valence-corrected chi connectivity index (χ1v) is 17.4. The Bertz CT molecular complexity index is 1170. The zero-order valence-corrected chi connectivity index (χ0v) is 27.7. The molecule has 6 N–H and O–H groups in total. The molecule has 6 aliphatic rings. The van der Waals surface area contributed by atoms with E-state index < -0.39 is 65.9 Å². The molecule has 8 heteroatoms. The molecule has 5 aliphatic carbocycles. The van der Waals surface area contributed by atoms with E-state index >= 15 is 0 Å². The van der Waals surface area contributed by atoms with Gasteiger partial charge in [0.15, 0.2) is 0 Å². The van der Waals surface area contributed by atoms with Crippen LogP contribution in [0.4, 0.5) is 0 Å². The molecule has 0 unspecified atom stereocenters. The van der Waals surface area contributed by atoms with Gasteiger partial charge >= 0.3 is 5.97 Å². The topological polar surface area (TPSA) is 148 Å². The van der Waals surface area contributed by atoms with Crippen LogP contribution in [-0.2, 0) is 9.53 Å². The van der Waals surface area contributed by atoms with Gasteiger partial charge in [0.1, 0.15) is 24.4 Å². The highest BCUT2D eigenvalue weighted by Gasteiger charge is 2.86. The molecule has 250 valence electrons. The second-order valence-electron chi connectivity index (χ2n) is 17.1. The minimum absolute atomic E-state index is 0.0825. The van der Waals surface area contributed by atoms with Crippen molar-refractivity contribution in [3.05, 3.63) is 11.6 Å². The molecule has 16 atom stereocenters. The van der Waals surface area contributed by atoms with Gasteiger partial charge in [0, 0.05) is 11.3 Å². The van der Waals surface area contributed by atoms with Gasteiger partial charge < -0.3 is 35.4 Å². The highest BCUT2D eigenvalue weighted by atomic mass is 16.5. The molecule has 6 fully saturated rings. The van der Waals surface area contributed by atoms with E-state index in [1.165, 1.54) is 24.8 Å². The normalized spacial score (nSPS) is 55.2. The van der Waals surface area contributed by atoms with Crippen LogP contribution >= 0.6 is 0 Å². The van der Waals surface area contributed by atoms with Crippen LogP contribution in [0.25, 0.3) is 0 Å². The van der Waals surface area contributed by atoms with E-state index in [0.717, 1.165) is 32.1 Å². The molecule has 5 saturated carbocycles. The molecule has 1 saturated heterocycles. The molecule has 0 aromatic rings. The Balaban J connectivity index is 1.31. The van der Waals surface area contributed by atoms with Crippen molar-refractivity contribution < 1.29 is 40.2 Å². The number of aliphatic hydroxyl groups excluding tert-OH is 5. The maximum atomic E-state index is 13.4. The molecule has 0 aromatic carbocycles. The van der Waals surface area contributed by atoms with Crippen molar-refractivity contribution in [2.75, 3.05) is 6.61 Å². The van der Waals surface area contributed by atoms with Crippen molar-refractivity contribution in [2.24, 2.45) is 56.7 Å². The van der Waals surface area contributed by atoms with Crippen LogP contribution in [-0.4, -0.2) is 79.8 Å². The second kappa shape index (κ2) is 10.7. The van der Waals surface area contributed by atoms with Crippen molar-refractivity contribution >= 4 is 5.97 Å². The van der Waals surface area contributed by atoms with Crippen LogP contribution in [0.3, 0.4) is 0 Å². The molecule has 0 radical (unpaired) electrons. The van der Waals surface area contributed by atoms with E-state index in [2.05, 4.69) is 40.7 Å². The molecule has 6 rings (SSSR count). The monoisotopic (exact) mass is 618 g/mol. The lowest BCUT2D eigenvalue weighted by Gasteiger charge is -2.64. The fourth-order valence-electron chi connectivity index (χ4n) is 13.2. The van der Waals surface area contributed by atoms with Crippen molar-refractivity contribution in [3.63, 3.8) is 0 Å². The summed E-state index contributed by atoms with van der Waals surface area (Å²) < 4.78 is 5.97. The third-order valence-corrected chi connectivity index (χ3v) is 15.6. The average Bonchev–Trinajstić information content (AvgIpc) is 3.58. The summed E-state index contributed by atoms with van der Waals surface area (Å²) in [6, 6.07) is 0. The summed E-state index contributed by atoms with van der Waals surface area (Å²) in [5.74, 6) is -0.290. The van der Waals surface area contributed by atoms with Crippen molar-refractivity contribution in [1.82, 2.24) is 0 Å². The Hall–Kier alpha value is -1.03. The van der Waals surface area contributed by atoms with Crippen molar-refractivity contribution in [2.45, 2.75) is 142 Å². The molecular formula is C36H58O8. The van der Waals surface area contributed by atoms with Gasteiger partial charge in [-0.3, -0.25) is 4.79 Å². The van der Waals surface area contributed by atoms with E-state index in [9.17, 15) is 35.4 Å². The van der Waals surface area contributed by atoms with E-state index in [0.29, 0.717) is 24.2 Å². The Kier molecular flexibility index (Phi) is 8.03. The lowest BCUT2D eigenvalue weighted by molar-refractivity contribution is -0.271. The maximum absolute atomic E-state index is 13.4. The SMILES string of the molecule is CC(C)=CCC[C@H](C)[C@H]1CC[C@@]2(C)[C@@H]3CC[C@@H]4[C@](C)(C(=O)O)[C@@H]([C@H]5O[C@@H](CO)[C@H](O)[C@@H](O)[C@@H]5O)C[C@H](O)[C@@]45C[C@@]35CC[C@]12C. The predicted octanol–water partition coefficient (Wildman–Crippen LogP) is 4.30. The zero-order valence-electron chi connectivity index (χ0n) is 27.7. The van der Waals surface area contributed by atoms with Crippen LogP contribution < -0.4 is 0 Å².